The van der Waals surface area contributed by atoms with Gasteiger partial charge in [-0.25, -0.2) is 0 Å². The molecule has 1 aliphatic heterocycles. The molecule has 1 atom stereocenters. The monoisotopic (exact) mass is 216 g/mol. The molecule has 0 aliphatic carbocycles. The molecular formula is C9H13ClN2S. The van der Waals surface area contributed by atoms with Crippen LogP contribution in [-0.4, -0.2) is 31.6 Å². The highest BCUT2D eigenvalue weighted by atomic mass is 35.5. The molecule has 1 unspecified atom stereocenters. The number of hydrogen-bond acceptors (Lipinski definition) is 3. The Hall–Kier alpha value is -0.0900. The highest BCUT2D eigenvalue weighted by Crippen LogP contribution is 2.32. The Morgan fingerprint density at radius 3 is 3.15 bits per heavy atom. The third-order valence-electron chi connectivity index (χ3n) is 2.46. The summed E-state index contributed by atoms with van der Waals surface area (Å²) in [6.45, 7) is 3.19. The molecule has 1 aliphatic rings. The number of thiophene rings is 1. The van der Waals surface area contributed by atoms with Gasteiger partial charge < -0.3 is 5.32 Å². The maximum absolute atomic E-state index is 6.09. The molecule has 0 aromatic carbocycles. The van der Waals surface area contributed by atoms with Crippen LogP contribution in [0.2, 0.25) is 5.02 Å². The molecule has 2 nitrogen and oxygen atoms in total. The van der Waals surface area contributed by atoms with Crippen LogP contribution in [0.5, 0.6) is 0 Å². The Labute approximate surface area is 87.5 Å². The van der Waals surface area contributed by atoms with Gasteiger partial charge in [0.25, 0.3) is 0 Å². The second-order valence-corrected chi connectivity index (χ2v) is 4.69. The van der Waals surface area contributed by atoms with Crippen LogP contribution in [0.25, 0.3) is 0 Å². The van der Waals surface area contributed by atoms with Crippen molar-refractivity contribution in [1.82, 2.24) is 10.2 Å². The molecule has 4 heteroatoms. The fourth-order valence-electron chi connectivity index (χ4n) is 1.64. The molecule has 13 heavy (non-hydrogen) atoms. The van der Waals surface area contributed by atoms with E-state index in [0.717, 1.165) is 24.7 Å². The Morgan fingerprint density at radius 2 is 2.54 bits per heavy atom. The van der Waals surface area contributed by atoms with Crippen molar-refractivity contribution in [3.05, 3.63) is 21.3 Å². The molecule has 1 saturated heterocycles. The normalized spacial score (nSPS) is 24.9. The maximum atomic E-state index is 6.09. The summed E-state index contributed by atoms with van der Waals surface area (Å²) in [5, 5.41) is 6.35. The van der Waals surface area contributed by atoms with Crippen LogP contribution < -0.4 is 5.32 Å². The first-order valence-corrected chi connectivity index (χ1v) is 5.68. The first kappa shape index (κ1) is 9.46. The molecule has 72 valence electrons. The van der Waals surface area contributed by atoms with Crippen molar-refractivity contribution < 1.29 is 0 Å². The minimum Gasteiger partial charge on any atom is -0.314 e. The van der Waals surface area contributed by atoms with Gasteiger partial charge >= 0.3 is 0 Å². The van der Waals surface area contributed by atoms with E-state index >= 15 is 0 Å². The van der Waals surface area contributed by atoms with Gasteiger partial charge in [-0.3, -0.25) is 4.90 Å². The number of nitrogens with one attached hydrogen (secondary N) is 1. The van der Waals surface area contributed by atoms with Crippen molar-refractivity contribution in [2.45, 2.75) is 6.04 Å². The number of nitrogens with zero attached hydrogens (tertiary/aromatic N) is 1. The maximum Gasteiger partial charge on any atom is 0.0579 e. The Morgan fingerprint density at radius 1 is 1.69 bits per heavy atom. The zero-order valence-electron chi connectivity index (χ0n) is 7.59. The third-order valence-corrected chi connectivity index (χ3v) is 3.92. The van der Waals surface area contributed by atoms with Crippen LogP contribution in [0.15, 0.2) is 11.4 Å². The van der Waals surface area contributed by atoms with Crippen molar-refractivity contribution in [3.8, 4) is 0 Å². The molecule has 1 aromatic rings. The molecule has 1 aromatic heterocycles. The SMILES string of the molecule is CN1CCNCC1c1sccc1Cl. The van der Waals surface area contributed by atoms with E-state index in [9.17, 15) is 0 Å². The predicted octanol–water partition coefficient (Wildman–Crippen LogP) is 1.98. The third kappa shape index (κ3) is 1.89. The Kier molecular flexibility index (Phi) is 2.89. The number of piperazine rings is 1. The van der Waals surface area contributed by atoms with Gasteiger partial charge in [-0.2, -0.15) is 0 Å². The van der Waals surface area contributed by atoms with Crippen LogP contribution in [0.4, 0.5) is 0 Å². The second-order valence-electron chi connectivity index (χ2n) is 3.33. The van der Waals surface area contributed by atoms with Gasteiger partial charge in [-0.15, -0.1) is 11.3 Å². The van der Waals surface area contributed by atoms with E-state index in [-0.39, 0.29) is 0 Å². The number of likely N-dealkylation sites (N-methyl/N-ethyl adjacent to an activating group) is 1. The van der Waals surface area contributed by atoms with Gasteiger partial charge in [0.05, 0.1) is 11.1 Å². The van der Waals surface area contributed by atoms with Crippen molar-refractivity contribution in [1.29, 1.82) is 0 Å². The summed E-state index contributed by atoms with van der Waals surface area (Å²) in [5.41, 5.74) is 0. The lowest BCUT2D eigenvalue weighted by atomic mass is 10.2. The molecule has 0 bridgehead atoms. The van der Waals surface area contributed by atoms with Crippen molar-refractivity contribution in [2.75, 3.05) is 26.7 Å². The molecular weight excluding hydrogens is 204 g/mol. The lowest BCUT2D eigenvalue weighted by molar-refractivity contribution is 0.205. The molecule has 1 N–H and O–H groups in total. The van der Waals surface area contributed by atoms with E-state index in [1.165, 1.54) is 4.88 Å². The van der Waals surface area contributed by atoms with Crippen LogP contribution >= 0.6 is 22.9 Å². The van der Waals surface area contributed by atoms with E-state index in [1.807, 2.05) is 6.07 Å². The smallest absolute Gasteiger partial charge is 0.0579 e. The van der Waals surface area contributed by atoms with Gasteiger partial charge in [0.1, 0.15) is 0 Å². The van der Waals surface area contributed by atoms with Gasteiger partial charge in [0.15, 0.2) is 0 Å². The van der Waals surface area contributed by atoms with Crippen molar-refractivity contribution in [2.24, 2.45) is 0 Å². The zero-order chi connectivity index (χ0) is 9.26. The van der Waals surface area contributed by atoms with Gasteiger partial charge in [-0.05, 0) is 18.5 Å². The van der Waals surface area contributed by atoms with Crippen LogP contribution in [0, 0.1) is 0 Å². The van der Waals surface area contributed by atoms with Crippen molar-refractivity contribution >= 4 is 22.9 Å². The standard InChI is InChI=1S/C9H13ClN2S/c1-12-4-3-11-6-8(12)9-7(10)2-5-13-9/h2,5,8,11H,3-4,6H2,1H3. The quantitative estimate of drug-likeness (QED) is 0.773. The summed E-state index contributed by atoms with van der Waals surface area (Å²) < 4.78 is 0. The topological polar surface area (TPSA) is 15.3 Å². The number of halogens is 1. The zero-order valence-corrected chi connectivity index (χ0v) is 9.16. The molecule has 0 amide bonds. The predicted molar refractivity (Wildman–Crippen MR) is 57.6 cm³/mol. The average Bonchev–Trinajstić information content (AvgIpc) is 2.52. The summed E-state index contributed by atoms with van der Waals surface area (Å²) in [6.07, 6.45) is 0. The molecule has 0 spiro atoms. The lowest BCUT2D eigenvalue weighted by Gasteiger charge is -2.32. The van der Waals surface area contributed by atoms with E-state index in [0.29, 0.717) is 6.04 Å². The van der Waals surface area contributed by atoms with Crippen LogP contribution in [0.3, 0.4) is 0 Å². The second kappa shape index (κ2) is 3.96. The lowest BCUT2D eigenvalue weighted by Crippen LogP contribution is -2.43. The summed E-state index contributed by atoms with van der Waals surface area (Å²) in [7, 11) is 2.15. The van der Waals surface area contributed by atoms with Crippen molar-refractivity contribution in [3.63, 3.8) is 0 Å². The first-order chi connectivity index (χ1) is 6.29. The van der Waals surface area contributed by atoms with E-state index < -0.39 is 0 Å². The minimum absolute atomic E-state index is 0.459. The Balaban J connectivity index is 2.19. The molecule has 2 heterocycles. The van der Waals surface area contributed by atoms with Gasteiger partial charge in [0.2, 0.25) is 0 Å². The van der Waals surface area contributed by atoms with E-state index in [1.54, 1.807) is 11.3 Å². The summed E-state index contributed by atoms with van der Waals surface area (Å²) in [5.74, 6) is 0. The van der Waals surface area contributed by atoms with Crippen LogP contribution in [0.1, 0.15) is 10.9 Å². The summed E-state index contributed by atoms with van der Waals surface area (Å²) >= 11 is 7.84. The summed E-state index contributed by atoms with van der Waals surface area (Å²) in [6, 6.07) is 2.44. The fourth-order valence-corrected chi connectivity index (χ4v) is 2.99. The molecule has 0 radical (unpaired) electrons. The van der Waals surface area contributed by atoms with E-state index in [4.69, 9.17) is 11.6 Å². The van der Waals surface area contributed by atoms with Gasteiger partial charge in [-0.1, -0.05) is 11.6 Å². The average molecular weight is 217 g/mol. The molecule has 0 saturated carbocycles. The summed E-state index contributed by atoms with van der Waals surface area (Å²) in [4.78, 5) is 3.64. The Bertz CT molecular complexity index is 287. The van der Waals surface area contributed by atoms with Gasteiger partial charge in [0, 0.05) is 24.5 Å². The molecule has 2 rings (SSSR count). The highest BCUT2D eigenvalue weighted by Gasteiger charge is 2.23. The van der Waals surface area contributed by atoms with Crippen LogP contribution in [-0.2, 0) is 0 Å². The fraction of sp³-hybridized carbons (Fsp3) is 0.556. The highest BCUT2D eigenvalue weighted by molar-refractivity contribution is 7.10. The molecule has 1 fully saturated rings. The number of rotatable bonds is 1. The first-order valence-electron chi connectivity index (χ1n) is 4.43. The van der Waals surface area contributed by atoms with E-state index in [2.05, 4.69) is 22.6 Å². The number of hydrogen-bond donors (Lipinski definition) is 1. The minimum atomic E-state index is 0.459. The largest absolute Gasteiger partial charge is 0.314 e.